The number of ether oxygens (including phenoxy) is 2. The van der Waals surface area contributed by atoms with Crippen molar-refractivity contribution in [2.75, 3.05) is 25.1 Å². The van der Waals surface area contributed by atoms with Gasteiger partial charge < -0.3 is 9.47 Å². The van der Waals surface area contributed by atoms with E-state index >= 15 is 0 Å². The van der Waals surface area contributed by atoms with Crippen LogP contribution in [0.3, 0.4) is 0 Å². The summed E-state index contributed by atoms with van der Waals surface area (Å²) in [6.45, 7) is -0.457. The number of benzene rings is 3. The lowest BCUT2D eigenvalue weighted by Crippen LogP contribution is -2.39. The van der Waals surface area contributed by atoms with Crippen LogP contribution in [-0.2, 0) is 14.8 Å². The van der Waals surface area contributed by atoms with E-state index in [-0.39, 0.29) is 4.90 Å². The smallest absolute Gasteiger partial charge is 0.264 e. The molecule has 0 spiro atoms. The summed E-state index contributed by atoms with van der Waals surface area (Å²) in [5, 5.41) is 3.93. The Bertz CT molecular complexity index is 1180. The van der Waals surface area contributed by atoms with Crippen molar-refractivity contribution in [3.63, 3.8) is 0 Å². The molecule has 3 aromatic rings. The monoisotopic (exact) mass is 453 g/mol. The Morgan fingerprint density at radius 1 is 0.938 bits per heavy atom. The molecule has 0 heterocycles. The zero-order valence-corrected chi connectivity index (χ0v) is 18.5. The first-order valence-electron chi connectivity index (χ1n) is 9.62. The van der Waals surface area contributed by atoms with Gasteiger partial charge in [0, 0.05) is 5.56 Å². The summed E-state index contributed by atoms with van der Waals surface area (Å²) in [5.74, 6) is 0.522. The molecule has 0 saturated carbocycles. The first-order chi connectivity index (χ1) is 15.5. The fraction of sp³-hybridized carbons (Fsp3) is 0.130. The number of anilines is 1. The van der Waals surface area contributed by atoms with Crippen LogP contribution in [0.5, 0.6) is 11.5 Å². The maximum atomic E-state index is 13.3. The molecule has 0 aliphatic heterocycles. The van der Waals surface area contributed by atoms with Crippen molar-refractivity contribution in [2.45, 2.75) is 4.90 Å². The van der Waals surface area contributed by atoms with E-state index in [1.807, 2.05) is 12.1 Å². The third kappa shape index (κ3) is 5.44. The number of rotatable bonds is 9. The number of para-hydroxylation sites is 2. The zero-order chi connectivity index (χ0) is 23.0. The van der Waals surface area contributed by atoms with E-state index in [1.165, 1.54) is 32.6 Å². The van der Waals surface area contributed by atoms with Crippen LogP contribution in [0.4, 0.5) is 5.69 Å². The number of hydrogen-bond acceptors (Lipinski definition) is 6. The molecule has 0 aliphatic carbocycles. The van der Waals surface area contributed by atoms with Gasteiger partial charge in [0.25, 0.3) is 15.9 Å². The van der Waals surface area contributed by atoms with Gasteiger partial charge in [-0.15, -0.1) is 0 Å². The number of nitrogens with zero attached hydrogens (tertiary/aromatic N) is 2. The highest BCUT2D eigenvalue weighted by Crippen LogP contribution is 2.24. The number of carbonyl (C=O) groups excluding carboxylic acids is 1. The van der Waals surface area contributed by atoms with Crippen molar-refractivity contribution in [3.8, 4) is 11.5 Å². The minimum Gasteiger partial charge on any atom is -0.497 e. The van der Waals surface area contributed by atoms with E-state index in [9.17, 15) is 13.2 Å². The molecule has 0 atom stereocenters. The predicted octanol–water partition coefficient (Wildman–Crippen LogP) is 3.05. The van der Waals surface area contributed by atoms with Gasteiger partial charge in [0.05, 0.1) is 31.0 Å². The predicted molar refractivity (Wildman–Crippen MR) is 123 cm³/mol. The zero-order valence-electron chi connectivity index (χ0n) is 17.6. The van der Waals surface area contributed by atoms with Crippen molar-refractivity contribution in [1.29, 1.82) is 0 Å². The van der Waals surface area contributed by atoms with E-state index in [0.29, 0.717) is 22.7 Å². The lowest BCUT2D eigenvalue weighted by molar-refractivity contribution is -0.119. The second-order valence-electron chi connectivity index (χ2n) is 6.56. The van der Waals surface area contributed by atoms with E-state index in [2.05, 4.69) is 10.5 Å². The van der Waals surface area contributed by atoms with Gasteiger partial charge in [0.15, 0.2) is 0 Å². The fourth-order valence-corrected chi connectivity index (χ4v) is 4.32. The van der Waals surface area contributed by atoms with Crippen LogP contribution < -0.4 is 19.2 Å². The van der Waals surface area contributed by atoms with Crippen molar-refractivity contribution in [2.24, 2.45) is 5.10 Å². The minimum atomic E-state index is -4.02. The summed E-state index contributed by atoms with van der Waals surface area (Å²) in [6, 6.07) is 21.5. The Balaban J connectivity index is 1.82. The molecule has 0 fully saturated rings. The number of hydrazone groups is 1. The Hall–Kier alpha value is -3.85. The molecular weight excluding hydrogens is 430 g/mol. The van der Waals surface area contributed by atoms with E-state index in [4.69, 9.17) is 9.47 Å². The van der Waals surface area contributed by atoms with Gasteiger partial charge in [-0.1, -0.05) is 30.3 Å². The molecule has 0 aromatic heterocycles. The average molecular weight is 454 g/mol. The lowest BCUT2D eigenvalue weighted by Gasteiger charge is -2.23. The maximum absolute atomic E-state index is 13.3. The Kier molecular flexibility index (Phi) is 7.45. The quantitative estimate of drug-likeness (QED) is 0.397. The molecule has 3 aromatic carbocycles. The molecule has 32 heavy (non-hydrogen) atoms. The molecule has 0 saturated heterocycles. The first-order valence-corrected chi connectivity index (χ1v) is 11.1. The Labute approximate surface area is 187 Å². The van der Waals surface area contributed by atoms with Gasteiger partial charge in [0.2, 0.25) is 0 Å². The van der Waals surface area contributed by atoms with Crippen LogP contribution in [0.15, 0.2) is 88.9 Å². The van der Waals surface area contributed by atoms with Crippen LogP contribution in [0.2, 0.25) is 0 Å². The number of hydrogen-bond donors (Lipinski definition) is 1. The van der Waals surface area contributed by atoms with Crippen LogP contribution in [-0.4, -0.2) is 41.3 Å². The van der Waals surface area contributed by atoms with Gasteiger partial charge >= 0.3 is 0 Å². The van der Waals surface area contributed by atoms with Crippen LogP contribution in [0.1, 0.15) is 5.56 Å². The summed E-state index contributed by atoms with van der Waals surface area (Å²) in [6.07, 6.45) is 1.43. The average Bonchev–Trinajstić information content (AvgIpc) is 2.83. The van der Waals surface area contributed by atoms with E-state index in [0.717, 1.165) is 4.31 Å². The molecule has 1 amide bonds. The van der Waals surface area contributed by atoms with E-state index in [1.54, 1.807) is 54.6 Å². The second-order valence-corrected chi connectivity index (χ2v) is 8.42. The van der Waals surface area contributed by atoms with Gasteiger partial charge in [0.1, 0.15) is 18.0 Å². The van der Waals surface area contributed by atoms with Crippen LogP contribution >= 0.6 is 0 Å². The highest BCUT2D eigenvalue weighted by molar-refractivity contribution is 7.92. The highest BCUT2D eigenvalue weighted by atomic mass is 32.2. The second kappa shape index (κ2) is 10.5. The molecule has 8 nitrogen and oxygen atoms in total. The lowest BCUT2D eigenvalue weighted by atomic mass is 10.2. The fourth-order valence-electron chi connectivity index (χ4n) is 2.90. The maximum Gasteiger partial charge on any atom is 0.264 e. The first kappa shape index (κ1) is 22.8. The van der Waals surface area contributed by atoms with Crippen LogP contribution in [0, 0.1) is 0 Å². The van der Waals surface area contributed by atoms with Crippen molar-refractivity contribution in [1.82, 2.24) is 5.43 Å². The standard InChI is InChI=1S/C23H23N3O5S/c1-30-20-12-14-21(15-13-20)32(28,29)26(19-9-4-3-5-10-19)17-23(27)25-24-16-18-8-6-7-11-22(18)31-2/h3-16H,17H2,1-2H3,(H,25,27)/b24-16+. The minimum absolute atomic E-state index is 0.0347. The van der Waals surface area contributed by atoms with Crippen molar-refractivity contribution in [3.05, 3.63) is 84.4 Å². The van der Waals surface area contributed by atoms with Gasteiger partial charge in [-0.05, 0) is 48.5 Å². The summed E-state index contributed by atoms with van der Waals surface area (Å²) in [4.78, 5) is 12.6. The number of methoxy groups -OCH3 is 2. The summed E-state index contributed by atoms with van der Waals surface area (Å²) < 4.78 is 38.0. The number of carbonyl (C=O) groups is 1. The van der Waals surface area contributed by atoms with E-state index < -0.39 is 22.5 Å². The number of nitrogens with one attached hydrogen (secondary N) is 1. The van der Waals surface area contributed by atoms with Gasteiger partial charge in [-0.2, -0.15) is 5.10 Å². The Morgan fingerprint density at radius 3 is 2.25 bits per heavy atom. The summed E-state index contributed by atoms with van der Waals surface area (Å²) in [7, 11) is -0.987. The third-order valence-electron chi connectivity index (χ3n) is 4.51. The normalized spacial score (nSPS) is 11.2. The molecule has 0 unspecified atom stereocenters. The summed E-state index contributed by atoms with van der Waals surface area (Å²) >= 11 is 0. The largest absolute Gasteiger partial charge is 0.497 e. The van der Waals surface area contributed by atoms with Gasteiger partial charge in [-0.3, -0.25) is 9.10 Å². The molecule has 3 rings (SSSR count). The molecule has 9 heteroatoms. The molecule has 0 aliphatic rings. The third-order valence-corrected chi connectivity index (χ3v) is 6.30. The molecule has 166 valence electrons. The van der Waals surface area contributed by atoms with Crippen LogP contribution in [0.25, 0.3) is 0 Å². The molecular formula is C23H23N3O5S. The van der Waals surface area contributed by atoms with Crippen molar-refractivity contribution < 1.29 is 22.7 Å². The molecule has 1 N–H and O–H groups in total. The number of amides is 1. The molecule has 0 bridgehead atoms. The highest BCUT2D eigenvalue weighted by Gasteiger charge is 2.27. The topological polar surface area (TPSA) is 97.3 Å². The molecule has 0 radical (unpaired) electrons. The SMILES string of the molecule is COc1ccc(S(=O)(=O)N(CC(=O)N/N=C/c2ccccc2OC)c2ccccc2)cc1. The Morgan fingerprint density at radius 2 is 1.59 bits per heavy atom. The summed E-state index contributed by atoms with van der Waals surface area (Å²) in [5.41, 5.74) is 3.39. The van der Waals surface area contributed by atoms with Crippen molar-refractivity contribution >= 4 is 27.8 Å². The number of sulfonamides is 1. The van der Waals surface area contributed by atoms with Gasteiger partial charge in [-0.25, -0.2) is 13.8 Å².